The SMILES string of the molecule is COC(=O)CC(N)COc1ccccc1C. The second-order valence-electron chi connectivity index (χ2n) is 3.62. The largest absolute Gasteiger partial charge is 0.492 e. The number of hydrogen-bond acceptors (Lipinski definition) is 4. The van der Waals surface area contributed by atoms with E-state index >= 15 is 0 Å². The lowest BCUT2D eigenvalue weighted by molar-refractivity contribution is -0.141. The van der Waals surface area contributed by atoms with Crippen LogP contribution < -0.4 is 10.5 Å². The molecule has 1 rings (SSSR count). The zero-order chi connectivity index (χ0) is 12.0. The van der Waals surface area contributed by atoms with Crippen molar-refractivity contribution in [2.24, 2.45) is 5.73 Å². The van der Waals surface area contributed by atoms with Crippen LogP contribution in [0, 0.1) is 6.92 Å². The summed E-state index contributed by atoms with van der Waals surface area (Å²) in [4.78, 5) is 10.9. The van der Waals surface area contributed by atoms with Crippen molar-refractivity contribution >= 4 is 5.97 Å². The Labute approximate surface area is 95.3 Å². The molecular weight excluding hydrogens is 206 g/mol. The van der Waals surface area contributed by atoms with Crippen LogP contribution in [0.2, 0.25) is 0 Å². The molecule has 1 aromatic rings. The molecule has 0 saturated carbocycles. The zero-order valence-corrected chi connectivity index (χ0v) is 9.60. The van der Waals surface area contributed by atoms with Gasteiger partial charge in [-0.2, -0.15) is 0 Å². The molecule has 4 nitrogen and oxygen atoms in total. The molecule has 4 heteroatoms. The molecule has 0 amide bonds. The Hall–Kier alpha value is -1.55. The van der Waals surface area contributed by atoms with Gasteiger partial charge < -0.3 is 15.2 Å². The summed E-state index contributed by atoms with van der Waals surface area (Å²) in [6.07, 6.45) is 0.169. The van der Waals surface area contributed by atoms with Gasteiger partial charge in [0.2, 0.25) is 0 Å². The second-order valence-corrected chi connectivity index (χ2v) is 3.62. The van der Waals surface area contributed by atoms with E-state index < -0.39 is 0 Å². The van der Waals surface area contributed by atoms with Crippen LogP contribution >= 0.6 is 0 Å². The third-order valence-electron chi connectivity index (χ3n) is 2.20. The standard InChI is InChI=1S/C12H17NO3/c1-9-5-3-4-6-11(9)16-8-10(13)7-12(14)15-2/h3-6,10H,7-8,13H2,1-2H3. The van der Waals surface area contributed by atoms with E-state index in [2.05, 4.69) is 4.74 Å². The fraction of sp³-hybridized carbons (Fsp3) is 0.417. The van der Waals surface area contributed by atoms with Crippen molar-refractivity contribution in [2.45, 2.75) is 19.4 Å². The summed E-state index contributed by atoms with van der Waals surface area (Å²) in [7, 11) is 1.34. The fourth-order valence-corrected chi connectivity index (χ4v) is 1.27. The van der Waals surface area contributed by atoms with E-state index in [1.54, 1.807) is 0 Å². The molecule has 0 aliphatic carbocycles. The van der Waals surface area contributed by atoms with E-state index in [0.717, 1.165) is 11.3 Å². The minimum atomic E-state index is -0.341. The fourth-order valence-electron chi connectivity index (χ4n) is 1.27. The van der Waals surface area contributed by atoms with Crippen LogP contribution in [0.3, 0.4) is 0 Å². The van der Waals surface area contributed by atoms with Gasteiger partial charge in [0.15, 0.2) is 0 Å². The molecule has 1 aromatic carbocycles. The predicted octanol–water partition coefficient (Wildman–Crippen LogP) is 1.26. The number of hydrogen-bond donors (Lipinski definition) is 1. The summed E-state index contributed by atoms with van der Waals surface area (Å²) in [5, 5.41) is 0. The van der Waals surface area contributed by atoms with Crippen LogP contribution in [-0.4, -0.2) is 25.7 Å². The van der Waals surface area contributed by atoms with E-state index in [9.17, 15) is 4.79 Å². The van der Waals surface area contributed by atoms with E-state index in [-0.39, 0.29) is 18.4 Å². The van der Waals surface area contributed by atoms with Crippen LogP contribution in [-0.2, 0) is 9.53 Å². The molecular formula is C12H17NO3. The van der Waals surface area contributed by atoms with Gasteiger partial charge in [0.25, 0.3) is 0 Å². The number of esters is 1. The highest BCUT2D eigenvalue weighted by atomic mass is 16.5. The molecule has 0 heterocycles. The molecule has 0 bridgehead atoms. The molecule has 0 fully saturated rings. The van der Waals surface area contributed by atoms with Crippen LogP contribution in [0.25, 0.3) is 0 Å². The summed E-state index contributed by atoms with van der Waals surface area (Å²) in [5.41, 5.74) is 6.77. The number of carbonyl (C=O) groups excluding carboxylic acids is 1. The maximum absolute atomic E-state index is 10.9. The van der Waals surface area contributed by atoms with Gasteiger partial charge in [-0.3, -0.25) is 4.79 Å². The van der Waals surface area contributed by atoms with Gasteiger partial charge in [-0.1, -0.05) is 18.2 Å². The number of rotatable bonds is 5. The molecule has 0 aliphatic rings. The van der Waals surface area contributed by atoms with Gasteiger partial charge in [0.05, 0.1) is 13.5 Å². The highest BCUT2D eigenvalue weighted by Gasteiger charge is 2.10. The number of aryl methyl sites for hydroxylation is 1. The Morgan fingerprint density at radius 2 is 2.12 bits per heavy atom. The van der Waals surface area contributed by atoms with Gasteiger partial charge >= 0.3 is 5.97 Å². The normalized spacial score (nSPS) is 11.9. The van der Waals surface area contributed by atoms with Gasteiger partial charge in [-0.25, -0.2) is 0 Å². The average molecular weight is 223 g/mol. The Bertz CT molecular complexity index is 352. The van der Waals surface area contributed by atoms with Crippen LogP contribution in [0.1, 0.15) is 12.0 Å². The second kappa shape index (κ2) is 6.12. The van der Waals surface area contributed by atoms with Crippen LogP contribution in [0.5, 0.6) is 5.75 Å². The first-order valence-corrected chi connectivity index (χ1v) is 5.14. The summed E-state index contributed by atoms with van der Waals surface area (Å²) in [5.74, 6) is 0.476. The molecule has 0 saturated heterocycles. The van der Waals surface area contributed by atoms with Crippen molar-refractivity contribution in [1.82, 2.24) is 0 Å². The molecule has 16 heavy (non-hydrogen) atoms. The number of methoxy groups -OCH3 is 1. The maximum atomic E-state index is 10.9. The Balaban J connectivity index is 2.40. The number of ether oxygens (including phenoxy) is 2. The predicted molar refractivity (Wildman–Crippen MR) is 61.3 cm³/mol. The van der Waals surface area contributed by atoms with Crippen molar-refractivity contribution in [3.63, 3.8) is 0 Å². The average Bonchev–Trinajstić information content (AvgIpc) is 2.28. The summed E-state index contributed by atoms with van der Waals surface area (Å²) >= 11 is 0. The maximum Gasteiger partial charge on any atom is 0.307 e. The molecule has 2 N–H and O–H groups in total. The highest BCUT2D eigenvalue weighted by Crippen LogP contribution is 2.16. The van der Waals surface area contributed by atoms with E-state index in [4.69, 9.17) is 10.5 Å². The van der Waals surface area contributed by atoms with Crippen molar-refractivity contribution in [2.75, 3.05) is 13.7 Å². The third kappa shape index (κ3) is 3.90. The number of carbonyl (C=O) groups is 1. The van der Waals surface area contributed by atoms with Crippen LogP contribution in [0.15, 0.2) is 24.3 Å². The molecule has 0 spiro atoms. The van der Waals surface area contributed by atoms with E-state index in [0.29, 0.717) is 6.61 Å². The quantitative estimate of drug-likeness (QED) is 0.763. The summed E-state index contributed by atoms with van der Waals surface area (Å²) in [6, 6.07) is 7.33. The van der Waals surface area contributed by atoms with Crippen molar-refractivity contribution in [1.29, 1.82) is 0 Å². The first-order valence-electron chi connectivity index (χ1n) is 5.14. The van der Waals surface area contributed by atoms with Crippen LogP contribution in [0.4, 0.5) is 0 Å². The monoisotopic (exact) mass is 223 g/mol. The van der Waals surface area contributed by atoms with Crippen molar-refractivity contribution < 1.29 is 14.3 Å². The number of benzene rings is 1. The lowest BCUT2D eigenvalue weighted by atomic mass is 10.2. The molecule has 1 unspecified atom stereocenters. The van der Waals surface area contributed by atoms with Gasteiger partial charge in [-0.05, 0) is 18.6 Å². The first kappa shape index (κ1) is 12.5. The lowest BCUT2D eigenvalue weighted by Crippen LogP contribution is -2.31. The number of nitrogens with two attached hydrogens (primary N) is 1. The highest BCUT2D eigenvalue weighted by molar-refractivity contribution is 5.69. The topological polar surface area (TPSA) is 61.5 Å². The molecule has 88 valence electrons. The molecule has 1 atom stereocenters. The van der Waals surface area contributed by atoms with Gasteiger partial charge in [0.1, 0.15) is 12.4 Å². The van der Waals surface area contributed by atoms with Crippen molar-refractivity contribution in [3.05, 3.63) is 29.8 Å². The smallest absolute Gasteiger partial charge is 0.307 e. The van der Waals surface area contributed by atoms with E-state index in [1.807, 2.05) is 31.2 Å². The minimum Gasteiger partial charge on any atom is -0.492 e. The number of para-hydroxylation sites is 1. The Morgan fingerprint density at radius 3 is 2.75 bits per heavy atom. The summed E-state index contributed by atoms with van der Waals surface area (Å²) in [6.45, 7) is 2.26. The molecule has 0 radical (unpaired) electrons. The Morgan fingerprint density at radius 1 is 1.44 bits per heavy atom. The molecule has 0 aliphatic heterocycles. The first-order chi connectivity index (χ1) is 7.63. The minimum absolute atomic E-state index is 0.169. The zero-order valence-electron chi connectivity index (χ0n) is 9.60. The lowest BCUT2D eigenvalue weighted by Gasteiger charge is -2.13. The van der Waals surface area contributed by atoms with Gasteiger partial charge in [-0.15, -0.1) is 0 Å². The molecule has 0 aromatic heterocycles. The summed E-state index contributed by atoms with van der Waals surface area (Å²) < 4.78 is 10.0. The van der Waals surface area contributed by atoms with Gasteiger partial charge in [0, 0.05) is 6.04 Å². The third-order valence-corrected chi connectivity index (χ3v) is 2.20. The van der Waals surface area contributed by atoms with E-state index in [1.165, 1.54) is 7.11 Å². The van der Waals surface area contributed by atoms with Crippen molar-refractivity contribution in [3.8, 4) is 5.75 Å². The Kier molecular flexibility index (Phi) is 4.79.